The molecule has 25 heavy (non-hydrogen) atoms. The number of aliphatic hydroxyl groups excluding tert-OH is 1. The van der Waals surface area contributed by atoms with Gasteiger partial charge in [-0.15, -0.1) is 0 Å². The zero-order chi connectivity index (χ0) is 18.4. The van der Waals surface area contributed by atoms with Gasteiger partial charge in [-0.25, -0.2) is 0 Å². The smallest absolute Gasteiger partial charge is 0.224 e. The third-order valence-corrected chi connectivity index (χ3v) is 4.73. The molecule has 2 rings (SSSR count). The Labute approximate surface area is 151 Å². The van der Waals surface area contributed by atoms with Crippen molar-refractivity contribution in [1.82, 2.24) is 4.90 Å². The Kier molecular flexibility index (Phi) is 6.85. The van der Waals surface area contributed by atoms with Crippen LogP contribution in [-0.4, -0.2) is 48.8 Å². The lowest BCUT2D eigenvalue weighted by Crippen LogP contribution is -2.36. The molecule has 0 aliphatic carbocycles. The summed E-state index contributed by atoms with van der Waals surface area (Å²) in [5.41, 5.74) is 1.91. The molecule has 0 bridgehead atoms. The molecular formula is C20H32N2O3. The van der Waals surface area contributed by atoms with Crippen molar-refractivity contribution in [2.45, 2.75) is 58.0 Å². The Morgan fingerprint density at radius 2 is 1.96 bits per heavy atom. The largest absolute Gasteiger partial charge is 0.497 e. The predicted molar refractivity (Wildman–Crippen MR) is 101 cm³/mol. The molecule has 2 N–H and O–H groups in total. The number of nitrogens with one attached hydrogen (secondary N) is 1. The van der Waals surface area contributed by atoms with Gasteiger partial charge in [-0.1, -0.05) is 20.8 Å². The number of amides is 1. The summed E-state index contributed by atoms with van der Waals surface area (Å²) in [6.07, 6.45) is 2.86. The van der Waals surface area contributed by atoms with Crippen molar-refractivity contribution in [3.8, 4) is 5.75 Å². The van der Waals surface area contributed by atoms with Gasteiger partial charge < -0.3 is 20.1 Å². The van der Waals surface area contributed by atoms with Crippen LogP contribution in [0, 0.1) is 0 Å². The summed E-state index contributed by atoms with van der Waals surface area (Å²) in [5, 5.41) is 12.5. The van der Waals surface area contributed by atoms with Crippen molar-refractivity contribution in [2.75, 3.05) is 32.1 Å². The summed E-state index contributed by atoms with van der Waals surface area (Å²) in [6, 6.07) is 5.89. The first-order valence-corrected chi connectivity index (χ1v) is 9.18. The van der Waals surface area contributed by atoms with Crippen molar-refractivity contribution in [1.29, 1.82) is 0 Å². The molecule has 5 nitrogen and oxygen atoms in total. The number of hydrogen-bond acceptors (Lipinski definition) is 4. The van der Waals surface area contributed by atoms with Crippen molar-refractivity contribution in [3.05, 3.63) is 23.8 Å². The summed E-state index contributed by atoms with van der Waals surface area (Å²) in [6.45, 7) is 9.18. The van der Waals surface area contributed by atoms with Crippen LogP contribution in [0.4, 0.5) is 5.69 Å². The number of methoxy groups -OCH3 is 1. The highest BCUT2D eigenvalue weighted by molar-refractivity contribution is 5.91. The van der Waals surface area contributed by atoms with E-state index >= 15 is 0 Å². The highest BCUT2D eigenvalue weighted by Gasteiger charge is 2.18. The van der Waals surface area contributed by atoms with Gasteiger partial charge in [0, 0.05) is 31.3 Å². The standard InChI is InChI=1S/C20H32N2O3/c1-20(2,3)15-12-16(14-18(13-15)25-4)21-19(24)6-5-9-22-10-7-17(23)8-11-22/h12-14,17,23H,5-11H2,1-4H3,(H,21,24). The van der Waals surface area contributed by atoms with E-state index in [0.717, 1.165) is 55.9 Å². The number of piperidine rings is 1. The van der Waals surface area contributed by atoms with E-state index < -0.39 is 0 Å². The van der Waals surface area contributed by atoms with Gasteiger partial charge in [0.05, 0.1) is 13.2 Å². The lowest BCUT2D eigenvalue weighted by atomic mass is 9.86. The molecule has 1 heterocycles. The SMILES string of the molecule is COc1cc(NC(=O)CCCN2CCC(O)CC2)cc(C(C)(C)C)c1. The Hall–Kier alpha value is -1.59. The summed E-state index contributed by atoms with van der Waals surface area (Å²) in [4.78, 5) is 14.6. The third kappa shape index (κ3) is 6.33. The first kappa shape index (κ1) is 19.7. The molecule has 0 atom stereocenters. The second-order valence-corrected chi connectivity index (χ2v) is 7.92. The normalized spacial score (nSPS) is 16.7. The van der Waals surface area contributed by atoms with Gasteiger partial charge in [-0.3, -0.25) is 4.79 Å². The van der Waals surface area contributed by atoms with E-state index in [1.54, 1.807) is 7.11 Å². The van der Waals surface area contributed by atoms with Crippen LogP contribution in [0.3, 0.4) is 0 Å². The first-order valence-electron chi connectivity index (χ1n) is 9.18. The van der Waals surface area contributed by atoms with E-state index in [0.29, 0.717) is 6.42 Å². The summed E-state index contributed by atoms with van der Waals surface area (Å²) >= 11 is 0. The van der Waals surface area contributed by atoms with E-state index in [4.69, 9.17) is 4.74 Å². The van der Waals surface area contributed by atoms with Gasteiger partial charge in [-0.2, -0.15) is 0 Å². The molecule has 1 aromatic rings. The molecule has 1 fully saturated rings. The molecule has 0 unspecified atom stereocenters. The Bertz CT molecular complexity index is 573. The number of hydrogen-bond donors (Lipinski definition) is 2. The van der Waals surface area contributed by atoms with Gasteiger partial charge in [0.2, 0.25) is 5.91 Å². The number of carbonyl (C=O) groups excluding carboxylic acids is 1. The molecule has 1 amide bonds. The van der Waals surface area contributed by atoms with E-state index in [2.05, 4.69) is 31.0 Å². The Balaban J connectivity index is 1.85. The summed E-state index contributed by atoms with van der Waals surface area (Å²) < 4.78 is 5.36. The molecule has 0 aromatic heterocycles. The molecule has 0 saturated carbocycles. The number of benzene rings is 1. The second-order valence-electron chi connectivity index (χ2n) is 7.92. The zero-order valence-electron chi connectivity index (χ0n) is 16.0. The maximum absolute atomic E-state index is 12.3. The number of rotatable bonds is 6. The third-order valence-electron chi connectivity index (χ3n) is 4.73. The highest BCUT2D eigenvalue weighted by Crippen LogP contribution is 2.29. The number of nitrogens with zero attached hydrogens (tertiary/aromatic N) is 1. The average Bonchev–Trinajstić information content (AvgIpc) is 2.55. The van der Waals surface area contributed by atoms with E-state index in [-0.39, 0.29) is 17.4 Å². The van der Waals surface area contributed by atoms with Crippen LogP contribution < -0.4 is 10.1 Å². The van der Waals surface area contributed by atoms with Crippen LogP contribution in [0.5, 0.6) is 5.75 Å². The fourth-order valence-electron chi connectivity index (χ4n) is 3.05. The zero-order valence-corrected chi connectivity index (χ0v) is 16.0. The maximum Gasteiger partial charge on any atom is 0.224 e. The first-order chi connectivity index (χ1) is 11.8. The lowest BCUT2D eigenvalue weighted by molar-refractivity contribution is -0.116. The second kappa shape index (κ2) is 8.68. The summed E-state index contributed by atoms with van der Waals surface area (Å²) in [7, 11) is 1.64. The molecule has 0 spiro atoms. The van der Waals surface area contributed by atoms with Crippen molar-refractivity contribution in [2.24, 2.45) is 0 Å². The number of likely N-dealkylation sites (tertiary alicyclic amines) is 1. The predicted octanol–water partition coefficient (Wildman–Crippen LogP) is 3.17. The molecule has 0 radical (unpaired) electrons. The Morgan fingerprint density at radius 1 is 1.28 bits per heavy atom. The van der Waals surface area contributed by atoms with E-state index in [9.17, 15) is 9.90 Å². The number of ether oxygens (including phenoxy) is 1. The van der Waals surface area contributed by atoms with Crippen LogP contribution >= 0.6 is 0 Å². The minimum atomic E-state index is -0.148. The monoisotopic (exact) mass is 348 g/mol. The number of aliphatic hydroxyl groups is 1. The topological polar surface area (TPSA) is 61.8 Å². The van der Waals surface area contributed by atoms with Crippen molar-refractivity contribution < 1.29 is 14.6 Å². The van der Waals surface area contributed by atoms with Crippen LogP contribution in [0.1, 0.15) is 52.0 Å². The van der Waals surface area contributed by atoms with Crippen LogP contribution in [-0.2, 0) is 10.2 Å². The molecule has 1 aromatic carbocycles. The highest BCUT2D eigenvalue weighted by atomic mass is 16.5. The van der Waals surface area contributed by atoms with Crippen molar-refractivity contribution >= 4 is 11.6 Å². The molecule has 1 aliphatic rings. The van der Waals surface area contributed by atoms with Crippen LogP contribution in [0.15, 0.2) is 18.2 Å². The van der Waals surface area contributed by atoms with Gasteiger partial charge in [0.25, 0.3) is 0 Å². The van der Waals surface area contributed by atoms with Crippen LogP contribution in [0.25, 0.3) is 0 Å². The fraction of sp³-hybridized carbons (Fsp3) is 0.650. The van der Waals surface area contributed by atoms with Gasteiger partial charge in [-0.05, 0) is 48.9 Å². The van der Waals surface area contributed by atoms with Crippen LogP contribution in [0.2, 0.25) is 0 Å². The number of carbonyl (C=O) groups is 1. The average molecular weight is 348 g/mol. The summed E-state index contributed by atoms with van der Waals surface area (Å²) in [5.74, 6) is 0.791. The quantitative estimate of drug-likeness (QED) is 0.829. The van der Waals surface area contributed by atoms with Gasteiger partial charge in [0.1, 0.15) is 5.75 Å². The minimum Gasteiger partial charge on any atom is -0.497 e. The van der Waals surface area contributed by atoms with Gasteiger partial charge >= 0.3 is 0 Å². The van der Waals surface area contributed by atoms with Gasteiger partial charge in [0.15, 0.2) is 0 Å². The lowest BCUT2D eigenvalue weighted by Gasteiger charge is -2.29. The molecule has 140 valence electrons. The van der Waals surface area contributed by atoms with E-state index in [1.807, 2.05) is 18.2 Å². The molecule has 1 saturated heterocycles. The minimum absolute atomic E-state index is 0.00710. The number of anilines is 1. The Morgan fingerprint density at radius 3 is 2.56 bits per heavy atom. The molecule has 1 aliphatic heterocycles. The van der Waals surface area contributed by atoms with Crippen molar-refractivity contribution in [3.63, 3.8) is 0 Å². The molecule has 5 heteroatoms. The van der Waals surface area contributed by atoms with E-state index in [1.165, 1.54) is 0 Å². The molecular weight excluding hydrogens is 316 g/mol. The fourth-order valence-corrected chi connectivity index (χ4v) is 3.05. The maximum atomic E-state index is 12.3.